The summed E-state index contributed by atoms with van der Waals surface area (Å²) >= 11 is 0. The van der Waals surface area contributed by atoms with E-state index < -0.39 is 9.84 Å². The Hall–Kier alpha value is -2.34. The normalized spacial score (nSPS) is 11.0. The van der Waals surface area contributed by atoms with Crippen molar-refractivity contribution in [2.45, 2.75) is 4.90 Å². The van der Waals surface area contributed by atoms with Gasteiger partial charge in [-0.2, -0.15) is 0 Å². The molecule has 0 atom stereocenters. The van der Waals surface area contributed by atoms with Crippen LogP contribution in [0.25, 0.3) is 0 Å². The predicted octanol–water partition coefficient (Wildman–Crippen LogP) is 2.35. The lowest BCUT2D eigenvalue weighted by atomic mass is 10.2. The third kappa shape index (κ3) is 3.82. The molecule has 0 saturated heterocycles. The van der Waals surface area contributed by atoms with Gasteiger partial charge in [0.25, 0.3) is 5.91 Å². The van der Waals surface area contributed by atoms with Crippen molar-refractivity contribution in [2.24, 2.45) is 0 Å². The Morgan fingerprint density at radius 3 is 2.33 bits per heavy atom. The first kappa shape index (κ1) is 15.1. The number of ether oxygens (including phenoxy) is 1. The highest BCUT2D eigenvalue weighted by molar-refractivity contribution is 7.90. The number of anilines is 1. The highest BCUT2D eigenvalue weighted by Gasteiger charge is 2.09. The second-order valence-electron chi connectivity index (χ2n) is 4.48. The zero-order valence-corrected chi connectivity index (χ0v) is 12.5. The number of hydrogen-bond donors (Lipinski definition) is 1. The largest absolute Gasteiger partial charge is 0.497 e. The van der Waals surface area contributed by atoms with Crippen molar-refractivity contribution in [1.29, 1.82) is 0 Å². The number of hydrogen-bond acceptors (Lipinski definition) is 4. The molecule has 0 unspecified atom stereocenters. The van der Waals surface area contributed by atoms with Crippen LogP contribution in [0.15, 0.2) is 53.4 Å². The van der Waals surface area contributed by atoms with Crippen molar-refractivity contribution in [3.05, 3.63) is 54.1 Å². The quantitative estimate of drug-likeness (QED) is 0.941. The highest BCUT2D eigenvalue weighted by Crippen LogP contribution is 2.17. The van der Waals surface area contributed by atoms with Crippen molar-refractivity contribution in [3.63, 3.8) is 0 Å². The molecule has 5 nitrogen and oxygen atoms in total. The van der Waals surface area contributed by atoms with Gasteiger partial charge in [0.2, 0.25) is 0 Å². The van der Waals surface area contributed by atoms with Crippen molar-refractivity contribution in [3.8, 4) is 5.75 Å². The van der Waals surface area contributed by atoms with Crippen molar-refractivity contribution >= 4 is 21.4 Å². The molecule has 1 amide bonds. The van der Waals surface area contributed by atoms with Crippen LogP contribution in [0.5, 0.6) is 5.75 Å². The maximum Gasteiger partial charge on any atom is 0.255 e. The number of nitrogens with one attached hydrogen (secondary N) is 1. The van der Waals surface area contributed by atoms with Gasteiger partial charge in [-0.25, -0.2) is 8.42 Å². The van der Waals surface area contributed by atoms with Crippen LogP contribution in [0.3, 0.4) is 0 Å². The van der Waals surface area contributed by atoms with E-state index >= 15 is 0 Å². The van der Waals surface area contributed by atoms with Crippen molar-refractivity contribution < 1.29 is 17.9 Å². The van der Waals surface area contributed by atoms with Gasteiger partial charge in [0.15, 0.2) is 9.84 Å². The van der Waals surface area contributed by atoms with Gasteiger partial charge in [0, 0.05) is 17.5 Å². The Morgan fingerprint density at radius 2 is 1.76 bits per heavy atom. The monoisotopic (exact) mass is 305 g/mol. The number of rotatable bonds is 4. The zero-order valence-electron chi connectivity index (χ0n) is 11.7. The van der Waals surface area contributed by atoms with Crippen LogP contribution in [-0.2, 0) is 9.84 Å². The molecule has 110 valence electrons. The van der Waals surface area contributed by atoms with E-state index in [0.717, 1.165) is 6.26 Å². The summed E-state index contributed by atoms with van der Waals surface area (Å²) in [6.07, 6.45) is 1.14. The lowest BCUT2D eigenvalue weighted by Gasteiger charge is -2.07. The molecule has 0 fully saturated rings. The standard InChI is InChI=1S/C15H15NO4S/c1-20-13-5-3-4-11(10-13)15(17)16-12-6-8-14(9-7-12)21(2,18)19/h3-10H,1-2H3,(H,16,17). The Bertz CT molecular complexity index is 751. The molecular weight excluding hydrogens is 290 g/mol. The molecule has 0 aliphatic rings. The van der Waals surface area contributed by atoms with Crippen LogP contribution in [0.4, 0.5) is 5.69 Å². The summed E-state index contributed by atoms with van der Waals surface area (Å²) in [6.45, 7) is 0. The first-order chi connectivity index (χ1) is 9.90. The molecule has 0 aliphatic heterocycles. The molecule has 2 aromatic carbocycles. The molecule has 0 bridgehead atoms. The first-order valence-corrected chi connectivity index (χ1v) is 8.05. The summed E-state index contributed by atoms with van der Waals surface area (Å²) < 4.78 is 27.8. The number of sulfone groups is 1. The molecule has 0 saturated carbocycles. The van der Waals surface area contributed by atoms with Gasteiger partial charge in [-0.05, 0) is 42.5 Å². The van der Waals surface area contributed by atoms with E-state index in [1.54, 1.807) is 36.4 Å². The summed E-state index contributed by atoms with van der Waals surface area (Å²) in [6, 6.07) is 12.8. The van der Waals surface area contributed by atoms with E-state index in [0.29, 0.717) is 17.0 Å². The fourth-order valence-electron chi connectivity index (χ4n) is 1.75. The molecule has 2 aromatic rings. The average Bonchev–Trinajstić information content (AvgIpc) is 2.47. The van der Waals surface area contributed by atoms with Crippen LogP contribution < -0.4 is 10.1 Å². The Kier molecular flexibility index (Phi) is 4.28. The van der Waals surface area contributed by atoms with Crippen LogP contribution in [0, 0.1) is 0 Å². The first-order valence-electron chi connectivity index (χ1n) is 6.15. The second kappa shape index (κ2) is 5.97. The second-order valence-corrected chi connectivity index (χ2v) is 6.50. The van der Waals surface area contributed by atoms with Gasteiger partial charge >= 0.3 is 0 Å². The molecule has 1 N–H and O–H groups in total. The fourth-order valence-corrected chi connectivity index (χ4v) is 2.38. The summed E-state index contributed by atoms with van der Waals surface area (Å²) in [5.41, 5.74) is 0.983. The zero-order chi connectivity index (χ0) is 15.5. The molecule has 21 heavy (non-hydrogen) atoms. The van der Waals surface area contributed by atoms with E-state index in [4.69, 9.17) is 4.74 Å². The van der Waals surface area contributed by atoms with Crippen LogP contribution in [0.2, 0.25) is 0 Å². The minimum Gasteiger partial charge on any atom is -0.497 e. The van der Waals surface area contributed by atoms with E-state index in [1.807, 2.05) is 0 Å². The van der Waals surface area contributed by atoms with E-state index in [9.17, 15) is 13.2 Å². The van der Waals surface area contributed by atoms with Gasteiger partial charge in [-0.15, -0.1) is 0 Å². The van der Waals surface area contributed by atoms with Gasteiger partial charge in [0.05, 0.1) is 12.0 Å². The molecule has 0 heterocycles. The molecule has 0 aromatic heterocycles. The lowest BCUT2D eigenvalue weighted by Crippen LogP contribution is -2.12. The van der Waals surface area contributed by atoms with Gasteiger partial charge < -0.3 is 10.1 Å². The third-order valence-corrected chi connectivity index (χ3v) is 4.00. The summed E-state index contributed by atoms with van der Waals surface area (Å²) in [7, 11) is -1.71. The Morgan fingerprint density at radius 1 is 1.10 bits per heavy atom. The average molecular weight is 305 g/mol. The van der Waals surface area contributed by atoms with Crippen LogP contribution in [0.1, 0.15) is 10.4 Å². The number of benzene rings is 2. The maximum atomic E-state index is 12.1. The van der Waals surface area contributed by atoms with E-state index in [1.165, 1.54) is 19.2 Å². The van der Waals surface area contributed by atoms with Crippen molar-refractivity contribution in [2.75, 3.05) is 18.7 Å². The number of carbonyl (C=O) groups is 1. The van der Waals surface area contributed by atoms with Gasteiger partial charge in [-0.3, -0.25) is 4.79 Å². The van der Waals surface area contributed by atoms with Gasteiger partial charge in [0.1, 0.15) is 5.75 Å². The molecule has 6 heteroatoms. The van der Waals surface area contributed by atoms with Crippen LogP contribution in [-0.4, -0.2) is 27.7 Å². The predicted molar refractivity (Wildman–Crippen MR) is 80.5 cm³/mol. The van der Waals surface area contributed by atoms with Gasteiger partial charge in [-0.1, -0.05) is 6.07 Å². The van der Waals surface area contributed by atoms with Crippen molar-refractivity contribution in [1.82, 2.24) is 0 Å². The molecule has 0 spiro atoms. The highest BCUT2D eigenvalue weighted by atomic mass is 32.2. The lowest BCUT2D eigenvalue weighted by molar-refractivity contribution is 0.102. The number of methoxy groups -OCH3 is 1. The minimum atomic E-state index is -3.24. The molecule has 0 aliphatic carbocycles. The Balaban J connectivity index is 2.16. The Labute approximate surface area is 123 Å². The third-order valence-electron chi connectivity index (χ3n) is 2.87. The van der Waals surface area contributed by atoms with Crippen LogP contribution >= 0.6 is 0 Å². The summed E-state index contributed by atoms with van der Waals surface area (Å²) in [5.74, 6) is 0.302. The summed E-state index contributed by atoms with van der Waals surface area (Å²) in [4.78, 5) is 12.3. The fraction of sp³-hybridized carbons (Fsp3) is 0.133. The smallest absolute Gasteiger partial charge is 0.255 e. The molecule has 2 rings (SSSR count). The number of amides is 1. The van der Waals surface area contributed by atoms with E-state index in [2.05, 4.69) is 5.32 Å². The summed E-state index contributed by atoms with van der Waals surface area (Å²) in [5, 5.41) is 2.70. The van der Waals surface area contributed by atoms with E-state index in [-0.39, 0.29) is 10.8 Å². The number of carbonyl (C=O) groups excluding carboxylic acids is 1. The minimum absolute atomic E-state index is 0.210. The maximum absolute atomic E-state index is 12.1. The molecule has 0 radical (unpaired) electrons. The SMILES string of the molecule is COc1cccc(C(=O)Nc2ccc(S(C)(=O)=O)cc2)c1. The topological polar surface area (TPSA) is 72.5 Å². The molecular formula is C15H15NO4S.